The van der Waals surface area contributed by atoms with Gasteiger partial charge in [-0.2, -0.15) is 0 Å². The Hall–Kier alpha value is -1.81. The van der Waals surface area contributed by atoms with Crippen molar-refractivity contribution in [3.05, 3.63) is 36.0 Å². The zero-order valence-electron chi connectivity index (χ0n) is 14.6. The summed E-state index contributed by atoms with van der Waals surface area (Å²) in [6, 6.07) is 8.07. The third-order valence-corrected chi connectivity index (χ3v) is 4.26. The predicted octanol–water partition coefficient (Wildman–Crippen LogP) is 3.02. The van der Waals surface area contributed by atoms with E-state index in [-0.39, 0.29) is 5.91 Å². The molecule has 4 heteroatoms. The lowest BCUT2D eigenvalue weighted by Gasteiger charge is -2.24. The van der Waals surface area contributed by atoms with Crippen molar-refractivity contribution < 1.29 is 9.90 Å². The van der Waals surface area contributed by atoms with E-state index in [1.807, 2.05) is 42.1 Å². The van der Waals surface area contributed by atoms with Crippen molar-refractivity contribution in [1.82, 2.24) is 9.88 Å². The first kappa shape index (κ1) is 17.5. The van der Waals surface area contributed by atoms with Gasteiger partial charge < -0.3 is 15.0 Å². The summed E-state index contributed by atoms with van der Waals surface area (Å²) in [7, 11) is 1.99. The monoisotopic (exact) mass is 316 g/mol. The second-order valence-corrected chi connectivity index (χ2v) is 7.17. The number of amides is 1. The van der Waals surface area contributed by atoms with E-state index in [0.717, 1.165) is 22.9 Å². The van der Waals surface area contributed by atoms with Gasteiger partial charge in [-0.3, -0.25) is 4.79 Å². The van der Waals surface area contributed by atoms with E-state index in [2.05, 4.69) is 19.2 Å². The third kappa shape index (κ3) is 4.83. The van der Waals surface area contributed by atoms with Crippen molar-refractivity contribution in [2.45, 2.75) is 45.6 Å². The number of rotatable bonds is 7. The number of benzene rings is 1. The van der Waals surface area contributed by atoms with Gasteiger partial charge >= 0.3 is 0 Å². The molecule has 0 aliphatic heterocycles. The minimum absolute atomic E-state index is 0.0498. The Bertz CT molecular complexity index is 671. The summed E-state index contributed by atoms with van der Waals surface area (Å²) < 4.78 is 2.04. The van der Waals surface area contributed by atoms with Crippen LogP contribution < -0.4 is 5.32 Å². The van der Waals surface area contributed by atoms with Gasteiger partial charge in [0, 0.05) is 30.7 Å². The molecule has 126 valence electrons. The molecule has 0 aliphatic rings. The Morgan fingerprint density at radius 3 is 2.74 bits per heavy atom. The smallest absolute Gasteiger partial charge is 0.224 e. The van der Waals surface area contributed by atoms with Crippen molar-refractivity contribution in [2.75, 3.05) is 6.54 Å². The summed E-state index contributed by atoms with van der Waals surface area (Å²) in [6.07, 6.45) is 3.98. The van der Waals surface area contributed by atoms with Crippen LogP contribution in [0.5, 0.6) is 0 Å². The molecule has 0 spiro atoms. The molecule has 1 atom stereocenters. The molecule has 0 saturated heterocycles. The molecule has 0 radical (unpaired) electrons. The normalized spacial score (nSPS) is 14.2. The summed E-state index contributed by atoms with van der Waals surface area (Å²) in [5.74, 6) is 0.499. The number of nitrogens with one attached hydrogen (secondary N) is 1. The maximum Gasteiger partial charge on any atom is 0.224 e. The highest BCUT2D eigenvalue weighted by molar-refractivity contribution is 5.89. The van der Waals surface area contributed by atoms with Crippen LogP contribution in [-0.4, -0.2) is 27.7 Å². The lowest BCUT2D eigenvalue weighted by molar-refractivity contribution is -0.121. The maximum atomic E-state index is 12.2. The number of aromatic nitrogens is 1. The van der Waals surface area contributed by atoms with E-state index < -0.39 is 5.60 Å². The molecular formula is C19H28N2O2. The number of carbonyl (C=O) groups excluding carboxylic acids is 1. The predicted molar refractivity (Wildman–Crippen MR) is 94.3 cm³/mol. The molecule has 23 heavy (non-hydrogen) atoms. The van der Waals surface area contributed by atoms with E-state index in [1.54, 1.807) is 6.92 Å². The molecule has 4 nitrogen and oxygen atoms in total. The van der Waals surface area contributed by atoms with Gasteiger partial charge in [-0.05, 0) is 37.3 Å². The van der Waals surface area contributed by atoms with Crippen molar-refractivity contribution in [3.8, 4) is 0 Å². The fraction of sp³-hybridized carbons (Fsp3) is 0.526. The minimum Gasteiger partial charge on any atom is -0.388 e. The Balaban J connectivity index is 1.94. The molecule has 1 aromatic heterocycles. The average molecular weight is 316 g/mol. The van der Waals surface area contributed by atoms with Crippen molar-refractivity contribution in [1.29, 1.82) is 0 Å². The van der Waals surface area contributed by atoms with E-state index in [4.69, 9.17) is 0 Å². The maximum absolute atomic E-state index is 12.2. The van der Waals surface area contributed by atoms with Crippen LogP contribution >= 0.6 is 0 Å². The number of hydrogen-bond donors (Lipinski definition) is 2. The number of aliphatic hydroxyl groups is 1. The molecule has 2 N–H and O–H groups in total. The zero-order valence-corrected chi connectivity index (χ0v) is 14.6. The molecule has 1 aromatic carbocycles. The summed E-state index contributed by atoms with van der Waals surface area (Å²) in [4.78, 5) is 12.2. The van der Waals surface area contributed by atoms with Crippen LogP contribution in [0.1, 0.15) is 39.2 Å². The summed E-state index contributed by atoms with van der Waals surface area (Å²) in [5, 5.41) is 14.3. The van der Waals surface area contributed by atoms with Crippen LogP contribution in [-0.2, 0) is 18.3 Å². The van der Waals surface area contributed by atoms with Crippen LogP contribution in [0.4, 0.5) is 0 Å². The molecule has 0 bridgehead atoms. The molecule has 0 fully saturated rings. The van der Waals surface area contributed by atoms with Crippen LogP contribution in [0, 0.1) is 5.92 Å². The number of carbonyl (C=O) groups is 1. The second-order valence-electron chi connectivity index (χ2n) is 7.17. The molecular weight excluding hydrogens is 288 g/mol. The Labute approximate surface area is 138 Å². The summed E-state index contributed by atoms with van der Waals surface area (Å²) in [5.41, 5.74) is 1.29. The van der Waals surface area contributed by atoms with Gasteiger partial charge in [0.1, 0.15) is 0 Å². The van der Waals surface area contributed by atoms with Gasteiger partial charge in [-0.25, -0.2) is 0 Å². The second kappa shape index (κ2) is 7.18. The average Bonchev–Trinajstić information content (AvgIpc) is 2.80. The van der Waals surface area contributed by atoms with Gasteiger partial charge in [-0.15, -0.1) is 0 Å². The fourth-order valence-corrected chi connectivity index (χ4v) is 2.78. The summed E-state index contributed by atoms with van der Waals surface area (Å²) >= 11 is 0. The van der Waals surface area contributed by atoms with Crippen molar-refractivity contribution in [3.63, 3.8) is 0 Å². The Morgan fingerprint density at radius 1 is 1.35 bits per heavy atom. The van der Waals surface area contributed by atoms with E-state index >= 15 is 0 Å². The Morgan fingerprint density at radius 2 is 2.04 bits per heavy atom. The highest BCUT2D eigenvalue weighted by Crippen LogP contribution is 2.21. The molecule has 1 amide bonds. The van der Waals surface area contributed by atoms with Crippen LogP contribution in [0.2, 0.25) is 0 Å². The lowest BCUT2D eigenvalue weighted by Crippen LogP contribution is -2.41. The van der Waals surface area contributed by atoms with E-state index in [9.17, 15) is 9.90 Å². The molecule has 2 rings (SSSR count). The number of hydrogen-bond acceptors (Lipinski definition) is 2. The van der Waals surface area contributed by atoms with E-state index in [0.29, 0.717) is 25.3 Å². The number of para-hydroxylation sites is 1. The lowest BCUT2D eigenvalue weighted by atomic mass is 9.95. The standard InChI is InChI=1S/C19H28N2O2/c1-14(2)9-10-19(3,23)13-20-18(22)11-15-12-21(4)17-8-6-5-7-16(15)17/h5-8,12,14,23H,9-11,13H2,1-4H3,(H,20,22). The van der Waals surface area contributed by atoms with Crippen LogP contribution in [0.25, 0.3) is 10.9 Å². The van der Waals surface area contributed by atoms with Gasteiger partial charge in [0.05, 0.1) is 12.0 Å². The fourth-order valence-electron chi connectivity index (χ4n) is 2.78. The van der Waals surface area contributed by atoms with Gasteiger partial charge in [-0.1, -0.05) is 32.0 Å². The van der Waals surface area contributed by atoms with Gasteiger partial charge in [0.2, 0.25) is 5.91 Å². The minimum atomic E-state index is -0.849. The Kier molecular flexibility index (Phi) is 5.47. The van der Waals surface area contributed by atoms with Crippen LogP contribution in [0.15, 0.2) is 30.5 Å². The first-order chi connectivity index (χ1) is 10.8. The first-order valence-electron chi connectivity index (χ1n) is 8.30. The third-order valence-electron chi connectivity index (χ3n) is 4.26. The van der Waals surface area contributed by atoms with Crippen molar-refractivity contribution >= 4 is 16.8 Å². The molecule has 1 heterocycles. The topological polar surface area (TPSA) is 54.3 Å². The molecule has 0 aliphatic carbocycles. The highest BCUT2D eigenvalue weighted by Gasteiger charge is 2.21. The first-order valence-corrected chi connectivity index (χ1v) is 8.30. The van der Waals surface area contributed by atoms with Gasteiger partial charge in [0.25, 0.3) is 0 Å². The van der Waals surface area contributed by atoms with Crippen LogP contribution in [0.3, 0.4) is 0 Å². The van der Waals surface area contributed by atoms with E-state index in [1.165, 1.54) is 0 Å². The zero-order chi connectivity index (χ0) is 17.0. The molecule has 1 unspecified atom stereocenters. The molecule has 2 aromatic rings. The SMILES string of the molecule is CC(C)CCC(C)(O)CNC(=O)Cc1cn(C)c2ccccc12. The molecule has 0 saturated carbocycles. The summed E-state index contributed by atoms with van der Waals surface area (Å²) in [6.45, 7) is 6.35. The van der Waals surface area contributed by atoms with Gasteiger partial charge in [0.15, 0.2) is 0 Å². The number of fused-ring (bicyclic) bond motifs is 1. The van der Waals surface area contributed by atoms with Crippen molar-refractivity contribution in [2.24, 2.45) is 13.0 Å². The highest BCUT2D eigenvalue weighted by atomic mass is 16.3. The number of aryl methyl sites for hydroxylation is 1. The number of nitrogens with zero attached hydrogens (tertiary/aromatic N) is 1. The largest absolute Gasteiger partial charge is 0.388 e. The quantitative estimate of drug-likeness (QED) is 0.825.